The highest BCUT2D eigenvalue weighted by Crippen LogP contribution is 2.19. The molecule has 6 nitrogen and oxygen atoms in total. The van der Waals surface area contributed by atoms with Crippen LogP contribution in [0.4, 0.5) is 0 Å². The summed E-state index contributed by atoms with van der Waals surface area (Å²) in [6, 6.07) is 8.40. The summed E-state index contributed by atoms with van der Waals surface area (Å²) < 4.78 is 0. The SMILES string of the molecule is CCCC(CCO)CN=C(NCC)NCCCC(=O)N1CCc2ccccc2C1. The fraction of sp³-hybridized carbons (Fsp3) is 0.652. The third kappa shape index (κ3) is 8.05. The van der Waals surface area contributed by atoms with Crippen LogP contribution in [-0.2, 0) is 17.8 Å². The zero-order chi connectivity index (χ0) is 20.9. The fourth-order valence-corrected chi connectivity index (χ4v) is 3.79. The van der Waals surface area contributed by atoms with Gasteiger partial charge in [0.2, 0.25) is 5.91 Å². The molecule has 1 aromatic rings. The van der Waals surface area contributed by atoms with Gasteiger partial charge in [0.05, 0.1) is 0 Å². The quantitative estimate of drug-likeness (QED) is 0.302. The Morgan fingerprint density at radius 1 is 1.21 bits per heavy atom. The molecule has 0 fully saturated rings. The van der Waals surface area contributed by atoms with E-state index in [1.807, 2.05) is 17.9 Å². The van der Waals surface area contributed by atoms with Crippen LogP contribution in [0.15, 0.2) is 29.3 Å². The number of hydrogen-bond donors (Lipinski definition) is 3. The number of nitrogens with one attached hydrogen (secondary N) is 2. The number of aliphatic hydroxyl groups is 1. The van der Waals surface area contributed by atoms with Gasteiger partial charge in [-0.25, -0.2) is 0 Å². The Labute approximate surface area is 175 Å². The van der Waals surface area contributed by atoms with Crippen LogP contribution in [0, 0.1) is 5.92 Å². The highest BCUT2D eigenvalue weighted by atomic mass is 16.3. The first-order valence-corrected chi connectivity index (χ1v) is 11.2. The van der Waals surface area contributed by atoms with Gasteiger partial charge in [0, 0.05) is 45.8 Å². The van der Waals surface area contributed by atoms with Gasteiger partial charge in [-0.3, -0.25) is 9.79 Å². The van der Waals surface area contributed by atoms with Crippen LogP contribution in [-0.4, -0.2) is 54.7 Å². The standard InChI is InChI=1S/C23H38N4O2/c1-3-8-19(13-16-28)17-26-23(24-4-2)25-14-7-11-22(29)27-15-12-20-9-5-6-10-21(20)18-27/h5-6,9-10,19,28H,3-4,7-8,11-18H2,1-2H3,(H2,24,25,26). The van der Waals surface area contributed by atoms with E-state index in [-0.39, 0.29) is 12.5 Å². The predicted molar refractivity (Wildman–Crippen MR) is 119 cm³/mol. The lowest BCUT2D eigenvalue weighted by molar-refractivity contribution is -0.132. The van der Waals surface area contributed by atoms with E-state index in [4.69, 9.17) is 0 Å². The average Bonchev–Trinajstić information content (AvgIpc) is 2.74. The summed E-state index contributed by atoms with van der Waals surface area (Å²) in [6.45, 7) is 8.22. The van der Waals surface area contributed by atoms with Crippen LogP contribution in [0.25, 0.3) is 0 Å². The molecular weight excluding hydrogens is 364 g/mol. The lowest BCUT2D eigenvalue weighted by atomic mass is 9.99. The first-order valence-electron chi connectivity index (χ1n) is 11.2. The van der Waals surface area contributed by atoms with Crippen molar-refractivity contribution in [2.75, 3.05) is 32.8 Å². The molecule has 162 valence electrons. The van der Waals surface area contributed by atoms with Crippen molar-refractivity contribution in [3.8, 4) is 0 Å². The monoisotopic (exact) mass is 402 g/mol. The molecule has 0 saturated heterocycles. The maximum absolute atomic E-state index is 12.6. The first kappa shape index (κ1) is 23.2. The molecule has 0 bridgehead atoms. The maximum atomic E-state index is 12.6. The van der Waals surface area contributed by atoms with Crippen molar-refractivity contribution in [1.29, 1.82) is 0 Å². The Balaban J connectivity index is 1.73. The van der Waals surface area contributed by atoms with E-state index < -0.39 is 0 Å². The van der Waals surface area contributed by atoms with Crippen LogP contribution in [0.5, 0.6) is 0 Å². The second kappa shape index (κ2) is 13.2. The van der Waals surface area contributed by atoms with Crippen molar-refractivity contribution in [3.63, 3.8) is 0 Å². The van der Waals surface area contributed by atoms with Crippen LogP contribution in [0.1, 0.15) is 57.1 Å². The summed E-state index contributed by atoms with van der Waals surface area (Å²) >= 11 is 0. The molecule has 1 amide bonds. The van der Waals surface area contributed by atoms with Crippen LogP contribution >= 0.6 is 0 Å². The first-order chi connectivity index (χ1) is 14.2. The zero-order valence-electron chi connectivity index (χ0n) is 18.1. The summed E-state index contributed by atoms with van der Waals surface area (Å²) in [5, 5.41) is 15.8. The second-order valence-electron chi connectivity index (χ2n) is 7.75. The van der Waals surface area contributed by atoms with Crippen LogP contribution < -0.4 is 10.6 Å². The third-order valence-corrected chi connectivity index (χ3v) is 5.43. The Hall–Kier alpha value is -2.08. The van der Waals surface area contributed by atoms with Gasteiger partial charge in [-0.05, 0) is 49.7 Å². The fourth-order valence-electron chi connectivity index (χ4n) is 3.79. The van der Waals surface area contributed by atoms with E-state index in [1.165, 1.54) is 11.1 Å². The molecule has 29 heavy (non-hydrogen) atoms. The van der Waals surface area contributed by atoms with E-state index >= 15 is 0 Å². The minimum Gasteiger partial charge on any atom is -0.396 e. The van der Waals surface area contributed by atoms with E-state index in [2.05, 4.69) is 40.7 Å². The van der Waals surface area contributed by atoms with Crippen molar-refractivity contribution in [2.24, 2.45) is 10.9 Å². The van der Waals surface area contributed by atoms with Crippen molar-refractivity contribution in [2.45, 2.75) is 58.9 Å². The average molecular weight is 403 g/mol. The number of amides is 1. The smallest absolute Gasteiger partial charge is 0.222 e. The molecule has 0 aromatic heterocycles. The molecule has 2 rings (SSSR count). The molecule has 1 aromatic carbocycles. The van der Waals surface area contributed by atoms with Crippen molar-refractivity contribution in [1.82, 2.24) is 15.5 Å². The number of benzene rings is 1. The largest absolute Gasteiger partial charge is 0.396 e. The molecule has 1 aliphatic heterocycles. The highest BCUT2D eigenvalue weighted by Gasteiger charge is 2.19. The van der Waals surface area contributed by atoms with Gasteiger partial charge in [-0.15, -0.1) is 0 Å². The molecule has 0 saturated carbocycles. The van der Waals surface area contributed by atoms with Crippen LogP contribution in [0.2, 0.25) is 0 Å². The van der Waals surface area contributed by atoms with Crippen molar-refractivity contribution in [3.05, 3.63) is 35.4 Å². The molecule has 3 N–H and O–H groups in total. The number of nitrogens with zero attached hydrogens (tertiary/aromatic N) is 2. The summed E-state index contributed by atoms with van der Waals surface area (Å²) in [4.78, 5) is 19.2. The van der Waals surface area contributed by atoms with E-state index in [1.54, 1.807) is 0 Å². The van der Waals surface area contributed by atoms with Crippen LogP contribution in [0.3, 0.4) is 0 Å². The van der Waals surface area contributed by atoms with Gasteiger partial charge in [-0.2, -0.15) is 0 Å². The van der Waals surface area contributed by atoms with Gasteiger partial charge in [-0.1, -0.05) is 37.6 Å². The summed E-state index contributed by atoms with van der Waals surface area (Å²) in [5.41, 5.74) is 2.64. The number of guanidine groups is 1. The molecule has 0 aliphatic carbocycles. The Bertz CT molecular complexity index is 642. The number of hydrogen-bond acceptors (Lipinski definition) is 3. The molecule has 0 spiro atoms. The maximum Gasteiger partial charge on any atom is 0.222 e. The molecule has 0 radical (unpaired) electrons. The predicted octanol–water partition coefficient (Wildman–Crippen LogP) is 2.71. The molecule has 1 atom stereocenters. The lowest BCUT2D eigenvalue weighted by Gasteiger charge is -2.29. The van der Waals surface area contributed by atoms with Crippen molar-refractivity contribution >= 4 is 11.9 Å². The summed E-state index contributed by atoms with van der Waals surface area (Å²) in [5.74, 6) is 1.45. The third-order valence-electron chi connectivity index (χ3n) is 5.43. The molecule has 1 aliphatic rings. The second-order valence-corrected chi connectivity index (χ2v) is 7.75. The van der Waals surface area contributed by atoms with Gasteiger partial charge >= 0.3 is 0 Å². The summed E-state index contributed by atoms with van der Waals surface area (Å²) in [6.07, 6.45) is 5.27. The summed E-state index contributed by atoms with van der Waals surface area (Å²) in [7, 11) is 0. The Morgan fingerprint density at radius 3 is 2.72 bits per heavy atom. The van der Waals surface area contributed by atoms with Gasteiger partial charge in [0.15, 0.2) is 5.96 Å². The van der Waals surface area contributed by atoms with E-state index in [9.17, 15) is 9.90 Å². The minimum atomic E-state index is 0.216. The number of carbonyl (C=O) groups excluding carboxylic acids is 1. The topological polar surface area (TPSA) is 77.0 Å². The minimum absolute atomic E-state index is 0.216. The number of rotatable bonds is 11. The Kier molecular flexibility index (Phi) is 10.6. The van der Waals surface area contributed by atoms with E-state index in [0.29, 0.717) is 12.3 Å². The number of aliphatic imine (C=N–C) groups is 1. The molecule has 1 heterocycles. The van der Waals surface area contributed by atoms with Gasteiger partial charge in [0.1, 0.15) is 0 Å². The molecule has 6 heteroatoms. The molecule has 1 unspecified atom stereocenters. The lowest BCUT2D eigenvalue weighted by Crippen LogP contribution is -2.39. The van der Waals surface area contributed by atoms with E-state index in [0.717, 1.165) is 70.8 Å². The zero-order valence-corrected chi connectivity index (χ0v) is 18.1. The number of aliphatic hydroxyl groups excluding tert-OH is 1. The van der Waals surface area contributed by atoms with Gasteiger partial charge < -0.3 is 20.6 Å². The van der Waals surface area contributed by atoms with Crippen molar-refractivity contribution < 1.29 is 9.90 Å². The molecular formula is C23H38N4O2. The number of carbonyl (C=O) groups is 1. The normalized spacial score (nSPS) is 15.0. The number of fused-ring (bicyclic) bond motifs is 1. The van der Waals surface area contributed by atoms with Gasteiger partial charge in [0.25, 0.3) is 0 Å². The Morgan fingerprint density at radius 2 is 2.00 bits per heavy atom. The highest BCUT2D eigenvalue weighted by molar-refractivity contribution is 5.80.